The van der Waals surface area contributed by atoms with E-state index in [2.05, 4.69) is 20.3 Å². The first-order valence-electron chi connectivity index (χ1n) is 9.47. The maximum absolute atomic E-state index is 13.0. The average molecular weight is 422 g/mol. The zero-order chi connectivity index (χ0) is 21.5. The van der Waals surface area contributed by atoms with Crippen LogP contribution in [0, 0.1) is 0 Å². The fourth-order valence-electron chi connectivity index (χ4n) is 3.52. The number of ether oxygens (including phenoxy) is 1. The topological polar surface area (TPSA) is 108 Å². The van der Waals surface area contributed by atoms with E-state index in [1.54, 1.807) is 29.0 Å². The van der Waals surface area contributed by atoms with E-state index in [4.69, 9.17) is 10.5 Å². The van der Waals surface area contributed by atoms with Crippen LogP contribution < -0.4 is 15.8 Å². The van der Waals surface area contributed by atoms with Crippen LogP contribution in [0.15, 0.2) is 48.7 Å². The zero-order valence-corrected chi connectivity index (χ0v) is 16.0. The van der Waals surface area contributed by atoms with Crippen LogP contribution in [0.5, 0.6) is 5.88 Å². The third kappa shape index (κ3) is 3.21. The van der Waals surface area contributed by atoms with Crippen molar-refractivity contribution in [3.8, 4) is 23.1 Å². The van der Waals surface area contributed by atoms with Crippen molar-refractivity contribution in [2.45, 2.75) is 6.43 Å². The van der Waals surface area contributed by atoms with Gasteiger partial charge in [-0.1, -0.05) is 12.1 Å². The third-order valence-electron chi connectivity index (χ3n) is 4.95. The molecule has 1 aromatic carbocycles. The summed E-state index contributed by atoms with van der Waals surface area (Å²) in [4.78, 5) is 25.5. The van der Waals surface area contributed by atoms with E-state index in [0.29, 0.717) is 23.6 Å². The lowest BCUT2D eigenvalue weighted by atomic mass is 10.2. The molecule has 0 aliphatic carbocycles. The summed E-state index contributed by atoms with van der Waals surface area (Å²) in [6.07, 6.45) is -0.931. The molecule has 1 aliphatic heterocycles. The van der Waals surface area contributed by atoms with Crippen LogP contribution in [-0.2, 0) is 0 Å². The Hall–Kier alpha value is -4.08. The number of amides is 1. The van der Waals surface area contributed by atoms with Gasteiger partial charge in [-0.2, -0.15) is 4.98 Å². The molecule has 3 aromatic heterocycles. The van der Waals surface area contributed by atoms with Crippen LogP contribution in [0.2, 0.25) is 0 Å². The molecule has 0 spiro atoms. The Morgan fingerprint density at radius 3 is 2.74 bits per heavy atom. The second kappa shape index (κ2) is 7.31. The number of benzene rings is 1. The quantitative estimate of drug-likeness (QED) is 0.525. The molecule has 0 atom stereocenters. The summed E-state index contributed by atoms with van der Waals surface area (Å²) in [6.45, 7) is 0.568. The third-order valence-corrected chi connectivity index (χ3v) is 4.95. The highest BCUT2D eigenvalue weighted by Gasteiger charge is 2.25. The summed E-state index contributed by atoms with van der Waals surface area (Å²) >= 11 is 0. The Balaban J connectivity index is 1.73. The van der Waals surface area contributed by atoms with Gasteiger partial charge in [0, 0.05) is 22.8 Å². The smallest absolute Gasteiger partial charge is 0.263 e. The van der Waals surface area contributed by atoms with Crippen LogP contribution in [0.25, 0.3) is 28.2 Å². The maximum Gasteiger partial charge on any atom is 0.263 e. The number of carbonyl (C=O) groups excluding carboxylic acids is 1. The summed E-state index contributed by atoms with van der Waals surface area (Å²) < 4.78 is 33.4. The van der Waals surface area contributed by atoms with Crippen molar-refractivity contribution in [2.24, 2.45) is 0 Å². The molecule has 0 unspecified atom stereocenters. The molecule has 0 bridgehead atoms. The Kier molecular flexibility index (Phi) is 4.46. The Bertz CT molecular complexity index is 1300. The summed E-state index contributed by atoms with van der Waals surface area (Å²) in [5.74, 6) is -0.101. The molecule has 0 fully saturated rings. The van der Waals surface area contributed by atoms with Crippen molar-refractivity contribution in [3.63, 3.8) is 0 Å². The number of pyridine rings is 1. The maximum atomic E-state index is 13.0. The van der Waals surface area contributed by atoms with E-state index in [-0.39, 0.29) is 35.3 Å². The molecule has 0 saturated heterocycles. The lowest BCUT2D eigenvalue weighted by Crippen LogP contribution is -2.25. The molecule has 0 radical (unpaired) electrons. The number of alkyl halides is 2. The van der Waals surface area contributed by atoms with Gasteiger partial charge in [0.25, 0.3) is 12.3 Å². The molecule has 1 aliphatic rings. The minimum Gasteiger partial charge on any atom is -0.475 e. The summed E-state index contributed by atoms with van der Waals surface area (Å²) in [7, 11) is 0. The van der Waals surface area contributed by atoms with E-state index in [0.717, 1.165) is 5.39 Å². The summed E-state index contributed by atoms with van der Waals surface area (Å²) in [5, 5.41) is 3.47. The minimum absolute atomic E-state index is 0.0165. The van der Waals surface area contributed by atoms with Gasteiger partial charge in [0.15, 0.2) is 5.82 Å². The van der Waals surface area contributed by atoms with Crippen LogP contribution in [0.3, 0.4) is 0 Å². The number of carbonyl (C=O) groups is 1. The van der Waals surface area contributed by atoms with Gasteiger partial charge in [-0.3, -0.25) is 9.36 Å². The second-order valence-electron chi connectivity index (χ2n) is 6.89. The number of hydrogen-bond acceptors (Lipinski definition) is 6. The highest BCUT2D eigenvalue weighted by atomic mass is 19.3. The Morgan fingerprint density at radius 2 is 1.97 bits per heavy atom. The number of anilines is 1. The van der Waals surface area contributed by atoms with E-state index in [1.807, 2.05) is 12.1 Å². The molecule has 4 aromatic rings. The molecular weight excluding hydrogens is 406 g/mol. The second-order valence-corrected chi connectivity index (χ2v) is 6.89. The molecule has 8 nitrogen and oxygen atoms in total. The van der Waals surface area contributed by atoms with Crippen LogP contribution in [0.1, 0.15) is 22.3 Å². The number of halogens is 2. The summed E-state index contributed by atoms with van der Waals surface area (Å²) in [5.41, 5.74) is 7.80. The number of nitrogens with zero attached hydrogens (tertiary/aromatic N) is 4. The van der Waals surface area contributed by atoms with Crippen molar-refractivity contribution in [1.29, 1.82) is 0 Å². The highest BCUT2D eigenvalue weighted by Crippen LogP contribution is 2.33. The number of fused-ring (bicyclic) bond motifs is 2. The summed E-state index contributed by atoms with van der Waals surface area (Å²) in [6, 6.07) is 11.4. The number of nitrogen functional groups attached to an aromatic ring is 1. The largest absolute Gasteiger partial charge is 0.475 e. The van der Waals surface area contributed by atoms with Crippen molar-refractivity contribution < 1.29 is 18.3 Å². The number of aromatic nitrogens is 4. The van der Waals surface area contributed by atoms with Crippen molar-refractivity contribution in [1.82, 2.24) is 24.8 Å². The number of nitrogens with one attached hydrogen (secondary N) is 1. The van der Waals surface area contributed by atoms with Gasteiger partial charge >= 0.3 is 0 Å². The van der Waals surface area contributed by atoms with E-state index in [9.17, 15) is 13.6 Å². The fourth-order valence-corrected chi connectivity index (χ4v) is 3.52. The fraction of sp³-hybridized carbons (Fsp3) is 0.143. The van der Waals surface area contributed by atoms with Crippen molar-refractivity contribution in [3.05, 3.63) is 59.8 Å². The van der Waals surface area contributed by atoms with Gasteiger partial charge in [0.05, 0.1) is 12.2 Å². The number of hydrogen-bond donors (Lipinski definition) is 2. The first-order valence-corrected chi connectivity index (χ1v) is 9.47. The lowest BCUT2D eigenvalue weighted by Gasteiger charge is -2.13. The monoisotopic (exact) mass is 422 g/mol. The molecule has 156 valence electrons. The van der Waals surface area contributed by atoms with Crippen molar-refractivity contribution in [2.75, 3.05) is 18.9 Å². The SMILES string of the molecule is Nc1nc(-c2cc3cccnc3n2-c2ccc(C(F)F)cc2)nc2c1C(=O)NCCO2. The van der Waals surface area contributed by atoms with Gasteiger partial charge < -0.3 is 15.8 Å². The number of rotatable bonds is 3. The van der Waals surface area contributed by atoms with Gasteiger partial charge in [0.2, 0.25) is 5.88 Å². The molecular formula is C21H16F2N6O2. The van der Waals surface area contributed by atoms with Crippen LogP contribution in [-0.4, -0.2) is 38.6 Å². The van der Waals surface area contributed by atoms with Gasteiger partial charge in [-0.05, 0) is 30.3 Å². The average Bonchev–Trinajstić information content (AvgIpc) is 3.05. The van der Waals surface area contributed by atoms with Gasteiger partial charge in [-0.25, -0.2) is 18.7 Å². The van der Waals surface area contributed by atoms with Gasteiger partial charge in [0.1, 0.15) is 23.6 Å². The molecule has 4 heterocycles. The highest BCUT2D eigenvalue weighted by molar-refractivity contribution is 6.01. The van der Waals surface area contributed by atoms with E-state index in [1.165, 1.54) is 12.1 Å². The van der Waals surface area contributed by atoms with Crippen molar-refractivity contribution >= 4 is 22.8 Å². The predicted octanol–water partition coefficient (Wildman–Crippen LogP) is 3.12. The first kappa shape index (κ1) is 18.9. The van der Waals surface area contributed by atoms with E-state index < -0.39 is 12.3 Å². The standard InChI is InChI=1S/C21H16F2N6O2/c22-16(23)11-3-5-13(6-4-11)29-14(10-12-2-1-7-25-19(12)29)18-27-17(24)15-20(30)26-8-9-31-21(15)28-18/h1-7,10,16H,8-9H2,(H,26,30)(H2,24,27,28). The molecule has 31 heavy (non-hydrogen) atoms. The Morgan fingerprint density at radius 1 is 1.16 bits per heavy atom. The number of nitrogens with two attached hydrogens (primary N) is 1. The molecule has 3 N–H and O–H groups in total. The minimum atomic E-state index is -2.57. The van der Waals surface area contributed by atoms with E-state index >= 15 is 0 Å². The molecule has 1 amide bonds. The molecule has 0 saturated carbocycles. The first-order chi connectivity index (χ1) is 15.0. The van der Waals surface area contributed by atoms with Gasteiger partial charge in [-0.15, -0.1) is 0 Å². The molecule has 10 heteroatoms. The Labute approximate surface area is 174 Å². The predicted molar refractivity (Wildman–Crippen MR) is 109 cm³/mol. The van der Waals surface area contributed by atoms with Crippen LogP contribution in [0.4, 0.5) is 14.6 Å². The van der Waals surface area contributed by atoms with Crippen LogP contribution >= 0.6 is 0 Å². The lowest BCUT2D eigenvalue weighted by molar-refractivity contribution is 0.0957. The normalized spacial score (nSPS) is 13.6. The zero-order valence-electron chi connectivity index (χ0n) is 16.0. The molecule has 5 rings (SSSR count).